The van der Waals surface area contributed by atoms with Gasteiger partial charge in [0.2, 0.25) is 0 Å². The minimum Gasteiger partial charge on any atom is -0.465 e. The van der Waals surface area contributed by atoms with Crippen LogP contribution in [0.2, 0.25) is 5.02 Å². The second kappa shape index (κ2) is 5.88. The molecule has 0 aromatic heterocycles. The lowest BCUT2D eigenvalue weighted by atomic mass is 10.3. The third-order valence-corrected chi connectivity index (χ3v) is 2.93. The van der Waals surface area contributed by atoms with Crippen molar-refractivity contribution in [3.05, 3.63) is 23.2 Å². The molecule has 82 valence electrons. The Balaban J connectivity index is 2.38. The first-order chi connectivity index (χ1) is 7.09. The molecule has 0 aliphatic rings. The molecule has 0 bridgehead atoms. The number of nitrogens with two attached hydrogens (primary N) is 1. The summed E-state index contributed by atoms with van der Waals surface area (Å²) in [6.07, 6.45) is 0. The Morgan fingerprint density at radius 1 is 1.60 bits per heavy atom. The summed E-state index contributed by atoms with van der Waals surface area (Å²) in [5.74, 6) is 0.451. The smallest absolute Gasteiger partial charge is 0.302 e. The molecule has 0 unspecified atom stereocenters. The number of hydrogen-bond donors (Lipinski definition) is 1. The Labute approximate surface area is 97.9 Å². The maximum atomic E-state index is 10.5. The zero-order chi connectivity index (χ0) is 11.3. The highest BCUT2D eigenvalue weighted by molar-refractivity contribution is 7.99. The van der Waals surface area contributed by atoms with Crippen LogP contribution >= 0.6 is 23.4 Å². The highest BCUT2D eigenvalue weighted by Gasteiger charge is 1.99. The van der Waals surface area contributed by atoms with Crippen LogP contribution in [0, 0.1) is 0 Å². The normalized spacial score (nSPS) is 10.0. The number of thioether (sulfide) groups is 1. The highest BCUT2D eigenvalue weighted by Crippen LogP contribution is 2.25. The number of halogens is 1. The standard InChI is InChI=1S/C10H12ClNO2S/c1-7(13)14-4-5-15-8-2-3-9(11)10(12)6-8/h2-3,6H,4-5,12H2,1H3. The Bertz CT molecular complexity index is 357. The number of ether oxygens (including phenoxy) is 1. The molecule has 2 N–H and O–H groups in total. The zero-order valence-electron chi connectivity index (χ0n) is 8.33. The van der Waals surface area contributed by atoms with Gasteiger partial charge in [-0.05, 0) is 18.2 Å². The van der Waals surface area contributed by atoms with E-state index in [-0.39, 0.29) is 5.97 Å². The lowest BCUT2D eigenvalue weighted by Gasteiger charge is -2.04. The van der Waals surface area contributed by atoms with Gasteiger partial charge in [0.25, 0.3) is 0 Å². The molecule has 0 aliphatic heterocycles. The summed E-state index contributed by atoms with van der Waals surface area (Å²) in [6.45, 7) is 1.80. The summed E-state index contributed by atoms with van der Waals surface area (Å²) in [6, 6.07) is 5.45. The van der Waals surface area contributed by atoms with Crippen molar-refractivity contribution in [1.29, 1.82) is 0 Å². The Kier molecular flexibility index (Phi) is 4.78. The average molecular weight is 246 g/mol. The molecule has 1 aromatic rings. The largest absolute Gasteiger partial charge is 0.465 e. The highest BCUT2D eigenvalue weighted by atomic mass is 35.5. The Morgan fingerprint density at radius 3 is 2.93 bits per heavy atom. The molecule has 0 heterocycles. The van der Waals surface area contributed by atoms with Crippen LogP contribution in [0.3, 0.4) is 0 Å². The van der Waals surface area contributed by atoms with E-state index in [9.17, 15) is 4.79 Å². The predicted molar refractivity (Wildman–Crippen MR) is 63.2 cm³/mol. The van der Waals surface area contributed by atoms with Crippen molar-refractivity contribution >= 4 is 35.0 Å². The number of esters is 1. The van der Waals surface area contributed by atoms with E-state index in [4.69, 9.17) is 22.1 Å². The van der Waals surface area contributed by atoms with Crippen LogP contribution in [0.4, 0.5) is 5.69 Å². The molecule has 15 heavy (non-hydrogen) atoms. The minimum absolute atomic E-state index is 0.258. The van der Waals surface area contributed by atoms with Gasteiger partial charge in [-0.1, -0.05) is 11.6 Å². The second-order valence-electron chi connectivity index (χ2n) is 2.87. The maximum absolute atomic E-state index is 10.5. The van der Waals surface area contributed by atoms with E-state index >= 15 is 0 Å². The lowest BCUT2D eigenvalue weighted by molar-refractivity contribution is -0.140. The molecule has 1 aromatic carbocycles. The number of carbonyl (C=O) groups excluding carboxylic acids is 1. The van der Waals surface area contributed by atoms with Gasteiger partial charge in [-0.3, -0.25) is 4.79 Å². The van der Waals surface area contributed by atoms with E-state index in [1.54, 1.807) is 23.9 Å². The number of nitrogen functional groups attached to an aromatic ring is 1. The summed E-state index contributed by atoms with van der Waals surface area (Å²) in [4.78, 5) is 11.5. The van der Waals surface area contributed by atoms with Crippen molar-refractivity contribution in [2.24, 2.45) is 0 Å². The number of benzene rings is 1. The van der Waals surface area contributed by atoms with Crippen molar-refractivity contribution < 1.29 is 9.53 Å². The first-order valence-corrected chi connectivity index (χ1v) is 5.77. The molecule has 1 rings (SSSR count). The van der Waals surface area contributed by atoms with Gasteiger partial charge in [-0.2, -0.15) is 0 Å². The van der Waals surface area contributed by atoms with E-state index in [2.05, 4.69) is 0 Å². The molecular formula is C10H12ClNO2S. The molecule has 0 spiro atoms. The average Bonchev–Trinajstić information content (AvgIpc) is 2.18. The van der Waals surface area contributed by atoms with Crippen LogP contribution in [0.5, 0.6) is 0 Å². The van der Waals surface area contributed by atoms with Crippen LogP contribution in [0.15, 0.2) is 23.1 Å². The van der Waals surface area contributed by atoms with Gasteiger partial charge in [-0.15, -0.1) is 11.8 Å². The summed E-state index contributed by atoms with van der Waals surface area (Å²) in [5.41, 5.74) is 6.21. The molecule has 0 radical (unpaired) electrons. The van der Waals surface area contributed by atoms with Gasteiger partial charge in [0, 0.05) is 17.6 Å². The molecule has 5 heteroatoms. The predicted octanol–water partition coefficient (Wildman–Crippen LogP) is 2.58. The van der Waals surface area contributed by atoms with Gasteiger partial charge < -0.3 is 10.5 Å². The van der Waals surface area contributed by atoms with Crippen molar-refractivity contribution in [3.63, 3.8) is 0 Å². The van der Waals surface area contributed by atoms with Gasteiger partial charge in [-0.25, -0.2) is 0 Å². The number of carbonyl (C=O) groups is 1. The zero-order valence-corrected chi connectivity index (χ0v) is 9.90. The van der Waals surface area contributed by atoms with Crippen LogP contribution in [0.1, 0.15) is 6.92 Å². The second-order valence-corrected chi connectivity index (χ2v) is 4.45. The third-order valence-electron chi connectivity index (χ3n) is 1.62. The van der Waals surface area contributed by atoms with Gasteiger partial charge in [0.15, 0.2) is 0 Å². The van der Waals surface area contributed by atoms with Crippen LogP contribution in [-0.4, -0.2) is 18.3 Å². The summed E-state index contributed by atoms with van der Waals surface area (Å²) in [7, 11) is 0. The summed E-state index contributed by atoms with van der Waals surface area (Å²) < 4.78 is 4.80. The SMILES string of the molecule is CC(=O)OCCSc1ccc(Cl)c(N)c1. The van der Waals surface area contributed by atoms with Crippen molar-refractivity contribution in [3.8, 4) is 0 Å². The first-order valence-electron chi connectivity index (χ1n) is 4.41. The van der Waals surface area contributed by atoms with E-state index in [0.29, 0.717) is 23.1 Å². The van der Waals surface area contributed by atoms with Crippen LogP contribution in [-0.2, 0) is 9.53 Å². The number of hydrogen-bond acceptors (Lipinski definition) is 4. The fraction of sp³-hybridized carbons (Fsp3) is 0.300. The Morgan fingerprint density at radius 2 is 2.33 bits per heavy atom. The van der Waals surface area contributed by atoms with E-state index < -0.39 is 0 Å². The molecule has 0 saturated carbocycles. The fourth-order valence-corrected chi connectivity index (χ4v) is 1.85. The van der Waals surface area contributed by atoms with Crippen molar-refractivity contribution in [2.75, 3.05) is 18.1 Å². The number of rotatable bonds is 4. The molecule has 0 aliphatic carbocycles. The van der Waals surface area contributed by atoms with E-state index in [1.807, 2.05) is 6.07 Å². The van der Waals surface area contributed by atoms with Crippen molar-refractivity contribution in [2.45, 2.75) is 11.8 Å². The topological polar surface area (TPSA) is 52.3 Å². The molecule has 3 nitrogen and oxygen atoms in total. The summed E-state index contributed by atoms with van der Waals surface area (Å²) >= 11 is 7.35. The van der Waals surface area contributed by atoms with Gasteiger partial charge in [0.05, 0.1) is 10.7 Å². The minimum atomic E-state index is -0.258. The molecule has 0 fully saturated rings. The summed E-state index contributed by atoms with van der Waals surface area (Å²) in [5, 5.41) is 0.555. The number of anilines is 1. The van der Waals surface area contributed by atoms with Crippen LogP contribution in [0.25, 0.3) is 0 Å². The quantitative estimate of drug-likeness (QED) is 0.383. The molecule has 0 saturated heterocycles. The first kappa shape index (κ1) is 12.2. The van der Waals surface area contributed by atoms with Crippen molar-refractivity contribution in [1.82, 2.24) is 0 Å². The van der Waals surface area contributed by atoms with Crippen LogP contribution < -0.4 is 5.73 Å². The molecule has 0 atom stereocenters. The van der Waals surface area contributed by atoms with Gasteiger partial charge >= 0.3 is 5.97 Å². The van der Waals surface area contributed by atoms with Gasteiger partial charge in [0.1, 0.15) is 6.61 Å². The molecular weight excluding hydrogens is 234 g/mol. The van der Waals surface area contributed by atoms with E-state index in [0.717, 1.165) is 4.90 Å². The fourth-order valence-electron chi connectivity index (χ4n) is 0.957. The Hall–Kier alpha value is -0.870. The molecule has 0 amide bonds. The lowest BCUT2D eigenvalue weighted by Crippen LogP contribution is -2.02. The monoisotopic (exact) mass is 245 g/mol. The maximum Gasteiger partial charge on any atom is 0.302 e. The third kappa shape index (κ3) is 4.44. The van der Waals surface area contributed by atoms with E-state index in [1.165, 1.54) is 6.92 Å².